The molecule has 2 nitrogen and oxygen atoms in total. The van der Waals surface area contributed by atoms with E-state index in [1.54, 1.807) is 0 Å². The lowest BCUT2D eigenvalue weighted by Gasteiger charge is -2.25. The van der Waals surface area contributed by atoms with Crippen molar-refractivity contribution < 1.29 is 0 Å². The first-order valence-electron chi connectivity index (χ1n) is 6.74. The molecule has 1 atom stereocenters. The molecular weight excluding hydrogens is 208 g/mol. The Hall–Kier alpha value is -1.02. The van der Waals surface area contributed by atoms with E-state index in [0.29, 0.717) is 6.04 Å². The first-order valence-corrected chi connectivity index (χ1v) is 6.74. The summed E-state index contributed by atoms with van der Waals surface area (Å²) >= 11 is 0. The molecule has 0 amide bonds. The summed E-state index contributed by atoms with van der Waals surface area (Å²) in [6.07, 6.45) is 2.28. The molecule has 0 aliphatic heterocycles. The quantitative estimate of drug-likeness (QED) is 0.780. The standard InChI is InChI=1S/C15H26N2/c1-5-13-8-10-15(11-9-13)17(4)12-14(6-2)16-7-3/h8-11,14,16H,5-7,12H2,1-4H3. The third-order valence-electron chi connectivity index (χ3n) is 3.27. The summed E-state index contributed by atoms with van der Waals surface area (Å²) in [4.78, 5) is 2.33. The number of nitrogens with zero attached hydrogens (tertiary/aromatic N) is 1. The number of rotatable bonds is 7. The molecule has 0 aliphatic carbocycles. The average Bonchev–Trinajstić information content (AvgIpc) is 2.38. The van der Waals surface area contributed by atoms with Crippen LogP contribution in [0.4, 0.5) is 5.69 Å². The predicted octanol–water partition coefficient (Wildman–Crippen LogP) is 3.07. The van der Waals surface area contributed by atoms with Gasteiger partial charge in [-0.2, -0.15) is 0 Å². The number of nitrogens with one attached hydrogen (secondary N) is 1. The Labute approximate surface area is 106 Å². The van der Waals surface area contributed by atoms with Crippen LogP contribution in [0.2, 0.25) is 0 Å². The maximum atomic E-state index is 3.51. The molecule has 1 aromatic carbocycles. The van der Waals surface area contributed by atoms with Gasteiger partial charge in [0.25, 0.3) is 0 Å². The van der Waals surface area contributed by atoms with Crippen molar-refractivity contribution in [3.8, 4) is 0 Å². The number of likely N-dealkylation sites (N-methyl/N-ethyl adjacent to an activating group) is 2. The van der Waals surface area contributed by atoms with Gasteiger partial charge in [-0.25, -0.2) is 0 Å². The van der Waals surface area contributed by atoms with Gasteiger partial charge in [-0.1, -0.05) is 32.9 Å². The lowest BCUT2D eigenvalue weighted by molar-refractivity contribution is 0.512. The molecule has 1 N–H and O–H groups in total. The van der Waals surface area contributed by atoms with E-state index in [-0.39, 0.29) is 0 Å². The van der Waals surface area contributed by atoms with Crippen LogP contribution < -0.4 is 10.2 Å². The molecular formula is C15H26N2. The number of hydrogen-bond acceptors (Lipinski definition) is 2. The van der Waals surface area contributed by atoms with Crippen LogP contribution in [0, 0.1) is 0 Å². The van der Waals surface area contributed by atoms with Crippen LogP contribution in [0.3, 0.4) is 0 Å². The Morgan fingerprint density at radius 2 is 1.76 bits per heavy atom. The highest BCUT2D eigenvalue weighted by Crippen LogP contribution is 2.14. The summed E-state index contributed by atoms with van der Waals surface area (Å²) in [7, 11) is 2.17. The number of anilines is 1. The lowest BCUT2D eigenvalue weighted by Crippen LogP contribution is -2.39. The highest BCUT2D eigenvalue weighted by molar-refractivity contribution is 5.47. The van der Waals surface area contributed by atoms with Gasteiger partial charge >= 0.3 is 0 Å². The van der Waals surface area contributed by atoms with Crippen molar-refractivity contribution in [3.63, 3.8) is 0 Å². The van der Waals surface area contributed by atoms with Crippen molar-refractivity contribution in [2.45, 2.75) is 39.7 Å². The SMILES string of the molecule is CCNC(CC)CN(C)c1ccc(CC)cc1. The molecule has 1 unspecified atom stereocenters. The molecule has 96 valence electrons. The largest absolute Gasteiger partial charge is 0.373 e. The van der Waals surface area contributed by atoms with Gasteiger partial charge in [0.15, 0.2) is 0 Å². The van der Waals surface area contributed by atoms with Crippen LogP contribution >= 0.6 is 0 Å². The molecule has 0 aromatic heterocycles. The second kappa shape index (κ2) is 7.33. The average molecular weight is 234 g/mol. The third kappa shape index (κ3) is 4.39. The summed E-state index contributed by atoms with van der Waals surface area (Å²) in [5.41, 5.74) is 2.71. The summed E-state index contributed by atoms with van der Waals surface area (Å²) in [5, 5.41) is 3.51. The van der Waals surface area contributed by atoms with Gasteiger partial charge in [-0.05, 0) is 37.1 Å². The van der Waals surface area contributed by atoms with Crippen LogP contribution in [-0.2, 0) is 6.42 Å². The molecule has 0 bridgehead atoms. The lowest BCUT2D eigenvalue weighted by atomic mass is 10.1. The normalized spacial score (nSPS) is 12.5. The van der Waals surface area contributed by atoms with E-state index in [2.05, 4.69) is 62.3 Å². The topological polar surface area (TPSA) is 15.3 Å². The van der Waals surface area contributed by atoms with Crippen LogP contribution in [0.5, 0.6) is 0 Å². The molecule has 0 radical (unpaired) electrons. The molecule has 2 heteroatoms. The zero-order valence-corrected chi connectivity index (χ0v) is 11.7. The second-order valence-electron chi connectivity index (χ2n) is 4.56. The third-order valence-corrected chi connectivity index (χ3v) is 3.27. The fourth-order valence-corrected chi connectivity index (χ4v) is 2.05. The van der Waals surface area contributed by atoms with E-state index < -0.39 is 0 Å². The van der Waals surface area contributed by atoms with Gasteiger partial charge in [0.05, 0.1) is 0 Å². The Balaban J connectivity index is 2.58. The van der Waals surface area contributed by atoms with Crippen LogP contribution in [0.15, 0.2) is 24.3 Å². The minimum atomic E-state index is 0.579. The zero-order chi connectivity index (χ0) is 12.7. The molecule has 0 heterocycles. The fourth-order valence-electron chi connectivity index (χ4n) is 2.05. The fraction of sp³-hybridized carbons (Fsp3) is 0.600. The molecule has 0 saturated heterocycles. The van der Waals surface area contributed by atoms with Gasteiger partial charge in [0.2, 0.25) is 0 Å². The van der Waals surface area contributed by atoms with Gasteiger partial charge in [0.1, 0.15) is 0 Å². The molecule has 0 fully saturated rings. The van der Waals surface area contributed by atoms with Gasteiger partial charge in [-0.15, -0.1) is 0 Å². The van der Waals surface area contributed by atoms with Crippen molar-refractivity contribution in [1.82, 2.24) is 5.32 Å². The van der Waals surface area contributed by atoms with E-state index in [0.717, 1.165) is 19.5 Å². The molecule has 1 aromatic rings. The highest BCUT2D eigenvalue weighted by Gasteiger charge is 2.08. The Morgan fingerprint density at radius 3 is 2.24 bits per heavy atom. The minimum Gasteiger partial charge on any atom is -0.373 e. The number of benzene rings is 1. The summed E-state index contributed by atoms with van der Waals surface area (Å²) in [6, 6.07) is 9.46. The summed E-state index contributed by atoms with van der Waals surface area (Å²) in [6.45, 7) is 8.70. The molecule has 1 rings (SSSR count). The van der Waals surface area contributed by atoms with E-state index in [9.17, 15) is 0 Å². The summed E-state index contributed by atoms with van der Waals surface area (Å²) < 4.78 is 0. The Kier molecular flexibility index (Phi) is 6.06. The Bertz CT molecular complexity index is 305. The minimum absolute atomic E-state index is 0.579. The van der Waals surface area contributed by atoms with Gasteiger partial charge < -0.3 is 10.2 Å². The zero-order valence-electron chi connectivity index (χ0n) is 11.7. The molecule has 0 spiro atoms. The maximum absolute atomic E-state index is 3.51. The monoisotopic (exact) mass is 234 g/mol. The Morgan fingerprint density at radius 1 is 1.12 bits per heavy atom. The van der Waals surface area contributed by atoms with Crippen LogP contribution in [0.1, 0.15) is 32.8 Å². The van der Waals surface area contributed by atoms with E-state index in [1.165, 1.54) is 17.7 Å². The highest BCUT2D eigenvalue weighted by atomic mass is 15.1. The van der Waals surface area contributed by atoms with Crippen molar-refractivity contribution in [2.75, 3.05) is 25.0 Å². The first kappa shape index (κ1) is 14.0. The summed E-state index contributed by atoms with van der Waals surface area (Å²) in [5.74, 6) is 0. The number of hydrogen-bond donors (Lipinski definition) is 1. The van der Waals surface area contributed by atoms with Crippen LogP contribution in [-0.4, -0.2) is 26.2 Å². The molecule has 0 aliphatic rings. The number of aryl methyl sites for hydroxylation is 1. The molecule has 0 saturated carbocycles. The first-order chi connectivity index (χ1) is 8.21. The van der Waals surface area contributed by atoms with Gasteiger partial charge in [-0.3, -0.25) is 0 Å². The van der Waals surface area contributed by atoms with Crippen molar-refractivity contribution >= 4 is 5.69 Å². The smallest absolute Gasteiger partial charge is 0.0364 e. The molecule has 17 heavy (non-hydrogen) atoms. The van der Waals surface area contributed by atoms with E-state index in [4.69, 9.17) is 0 Å². The predicted molar refractivity (Wildman–Crippen MR) is 76.8 cm³/mol. The van der Waals surface area contributed by atoms with Gasteiger partial charge in [0, 0.05) is 25.3 Å². The van der Waals surface area contributed by atoms with Crippen molar-refractivity contribution in [1.29, 1.82) is 0 Å². The van der Waals surface area contributed by atoms with E-state index >= 15 is 0 Å². The van der Waals surface area contributed by atoms with Crippen molar-refractivity contribution in [2.24, 2.45) is 0 Å². The van der Waals surface area contributed by atoms with E-state index in [1.807, 2.05) is 0 Å². The van der Waals surface area contributed by atoms with Crippen LogP contribution in [0.25, 0.3) is 0 Å². The second-order valence-corrected chi connectivity index (χ2v) is 4.56. The van der Waals surface area contributed by atoms with Crippen molar-refractivity contribution in [3.05, 3.63) is 29.8 Å². The maximum Gasteiger partial charge on any atom is 0.0364 e.